The number of carbonyl (C=O) groups is 1. The number of carboxylic acid groups (broad SMARTS) is 1. The number of benzene rings is 1. The quantitative estimate of drug-likeness (QED) is 0.850. The number of carboxylic acids is 1. The topological polar surface area (TPSA) is 76.5 Å². The Morgan fingerprint density at radius 2 is 2.18 bits per heavy atom. The third-order valence-electron chi connectivity index (χ3n) is 3.06. The smallest absolute Gasteiger partial charge is 0.305 e. The van der Waals surface area contributed by atoms with E-state index in [0.717, 1.165) is 10.8 Å². The minimum absolute atomic E-state index is 0.138. The van der Waals surface area contributed by atoms with Crippen molar-refractivity contribution in [2.75, 3.05) is 0 Å². The van der Waals surface area contributed by atoms with Crippen LogP contribution in [0.2, 0.25) is 0 Å². The van der Waals surface area contributed by atoms with Crippen molar-refractivity contribution in [1.82, 2.24) is 0 Å². The van der Waals surface area contributed by atoms with E-state index in [-0.39, 0.29) is 6.42 Å². The van der Waals surface area contributed by atoms with Crippen LogP contribution >= 0.6 is 0 Å². The highest BCUT2D eigenvalue weighted by Gasteiger charge is 2.33. The fourth-order valence-electron chi connectivity index (χ4n) is 2.01. The van der Waals surface area contributed by atoms with Crippen molar-refractivity contribution in [3.63, 3.8) is 0 Å². The van der Waals surface area contributed by atoms with Crippen LogP contribution in [0.3, 0.4) is 0 Å². The van der Waals surface area contributed by atoms with Crippen molar-refractivity contribution in [3.05, 3.63) is 36.3 Å². The molecule has 1 aromatic heterocycles. The van der Waals surface area contributed by atoms with Crippen LogP contribution in [0.25, 0.3) is 10.8 Å². The minimum Gasteiger partial charge on any atom is -0.481 e. The first-order valence-corrected chi connectivity index (χ1v) is 5.54. The maximum atomic E-state index is 10.9. The van der Waals surface area contributed by atoms with Gasteiger partial charge in [-0.1, -0.05) is 31.2 Å². The fourth-order valence-corrected chi connectivity index (χ4v) is 2.01. The van der Waals surface area contributed by atoms with Gasteiger partial charge < -0.3 is 15.3 Å². The largest absolute Gasteiger partial charge is 0.481 e. The summed E-state index contributed by atoms with van der Waals surface area (Å²) in [4.78, 5) is 10.9. The van der Waals surface area contributed by atoms with Crippen LogP contribution in [0.1, 0.15) is 25.5 Å². The fraction of sp³-hybridized carbons (Fsp3) is 0.308. The molecule has 0 aliphatic rings. The van der Waals surface area contributed by atoms with Crippen LogP contribution in [-0.4, -0.2) is 11.1 Å². The predicted octanol–water partition coefficient (Wildman–Crippen LogP) is 2.47. The average molecular weight is 233 g/mol. The van der Waals surface area contributed by atoms with Crippen molar-refractivity contribution >= 4 is 16.7 Å². The normalized spacial score (nSPS) is 14.7. The van der Waals surface area contributed by atoms with Crippen molar-refractivity contribution in [1.29, 1.82) is 0 Å². The monoisotopic (exact) mass is 233 g/mol. The van der Waals surface area contributed by atoms with Gasteiger partial charge in [0.05, 0.1) is 18.2 Å². The first-order valence-electron chi connectivity index (χ1n) is 5.54. The molecule has 1 heterocycles. The van der Waals surface area contributed by atoms with E-state index >= 15 is 0 Å². The molecule has 0 radical (unpaired) electrons. The van der Waals surface area contributed by atoms with E-state index in [2.05, 4.69) is 0 Å². The molecule has 4 heteroatoms. The molecule has 0 bridgehead atoms. The lowest BCUT2D eigenvalue weighted by Crippen LogP contribution is -2.38. The van der Waals surface area contributed by atoms with Gasteiger partial charge in [0.1, 0.15) is 5.76 Å². The summed E-state index contributed by atoms with van der Waals surface area (Å²) in [6.45, 7) is 1.86. The number of aliphatic carboxylic acids is 1. The van der Waals surface area contributed by atoms with Crippen LogP contribution in [0.4, 0.5) is 0 Å². The van der Waals surface area contributed by atoms with Crippen LogP contribution < -0.4 is 5.73 Å². The molecule has 1 unspecified atom stereocenters. The van der Waals surface area contributed by atoms with Crippen LogP contribution in [-0.2, 0) is 10.3 Å². The molecular weight excluding hydrogens is 218 g/mol. The van der Waals surface area contributed by atoms with Gasteiger partial charge in [-0.15, -0.1) is 0 Å². The number of rotatable bonds is 4. The first kappa shape index (κ1) is 11.7. The molecule has 0 saturated heterocycles. The van der Waals surface area contributed by atoms with E-state index in [9.17, 15) is 4.79 Å². The van der Waals surface area contributed by atoms with Gasteiger partial charge >= 0.3 is 5.97 Å². The van der Waals surface area contributed by atoms with Crippen molar-refractivity contribution in [3.8, 4) is 0 Å². The van der Waals surface area contributed by atoms with Gasteiger partial charge in [0.25, 0.3) is 0 Å². The number of nitrogens with two attached hydrogens (primary N) is 1. The molecule has 0 aliphatic heterocycles. The average Bonchev–Trinajstić information content (AvgIpc) is 2.72. The number of hydrogen-bond acceptors (Lipinski definition) is 3. The van der Waals surface area contributed by atoms with Crippen molar-refractivity contribution in [2.24, 2.45) is 5.73 Å². The number of furan rings is 1. The van der Waals surface area contributed by atoms with Gasteiger partial charge in [0, 0.05) is 10.8 Å². The summed E-state index contributed by atoms with van der Waals surface area (Å²) in [7, 11) is 0. The second kappa shape index (κ2) is 4.22. The molecule has 4 nitrogen and oxygen atoms in total. The van der Waals surface area contributed by atoms with Crippen molar-refractivity contribution < 1.29 is 14.3 Å². The summed E-state index contributed by atoms with van der Waals surface area (Å²) in [5.74, 6) is -0.368. The molecule has 1 atom stereocenters. The Bertz CT molecular complexity index is 546. The maximum Gasteiger partial charge on any atom is 0.305 e. The van der Waals surface area contributed by atoms with E-state index in [1.165, 1.54) is 0 Å². The van der Waals surface area contributed by atoms with E-state index in [0.29, 0.717) is 12.2 Å². The standard InChI is InChI=1S/C13H15NO3/c1-2-13(14,7-11(15)16)12-10-6-4-3-5-9(10)8-17-12/h3-6,8H,2,7,14H2,1H3,(H,15,16). The van der Waals surface area contributed by atoms with Gasteiger partial charge in [0.15, 0.2) is 0 Å². The maximum absolute atomic E-state index is 10.9. The Labute approximate surface area is 99.0 Å². The third kappa shape index (κ3) is 2.03. The van der Waals surface area contributed by atoms with Crippen LogP contribution in [0, 0.1) is 0 Å². The van der Waals surface area contributed by atoms with Gasteiger partial charge in [0.2, 0.25) is 0 Å². The lowest BCUT2D eigenvalue weighted by molar-refractivity contribution is -0.138. The van der Waals surface area contributed by atoms with E-state index in [4.69, 9.17) is 15.3 Å². The van der Waals surface area contributed by atoms with Gasteiger partial charge in [-0.05, 0) is 6.42 Å². The lowest BCUT2D eigenvalue weighted by Gasteiger charge is -2.24. The summed E-state index contributed by atoms with van der Waals surface area (Å²) in [6.07, 6.45) is 1.99. The number of hydrogen-bond donors (Lipinski definition) is 2. The predicted molar refractivity (Wildman–Crippen MR) is 64.6 cm³/mol. The zero-order valence-electron chi connectivity index (χ0n) is 9.64. The van der Waals surface area contributed by atoms with Gasteiger partial charge in [-0.3, -0.25) is 4.79 Å². The Kier molecular flexibility index (Phi) is 2.90. The second-order valence-corrected chi connectivity index (χ2v) is 4.23. The highest BCUT2D eigenvalue weighted by Crippen LogP contribution is 2.33. The molecule has 1 aromatic carbocycles. The van der Waals surface area contributed by atoms with E-state index in [1.54, 1.807) is 6.26 Å². The zero-order chi connectivity index (χ0) is 12.5. The molecule has 0 spiro atoms. The molecule has 17 heavy (non-hydrogen) atoms. The second-order valence-electron chi connectivity index (χ2n) is 4.23. The van der Waals surface area contributed by atoms with E-state index < -0.39 is 11.5 Å². The molecule has 3 N–H and O–H groups in total. The molecule has 0 fully saturated rings. The summed E-state index contributed by atoms with van der Waals surface area (Å²) >= 11 is 0. The molecule has 0 amide bonds. The Balaban J connectivity index is 2.53. The van der Waals surface area contributed by atoms with Crippen LogP contribution in [0.15, 0.2) is 34.9 Å². The highest BCUT2D eigenvalue weighted by atomic mass is 16.4. The first-order chi connectivity index (χ1) is 8.07. The SMILES string of the molecule is CCC(N)(CC(=O)O)c1occ2ccccc12. The van der Waals surface area contributed by atoms with Crippen molar-refractivity contribution in [2.45, 2.75) is 25.3 Å². The van der Waals surface area contributed by atoms with Gasteiger partial charge in [-0.2, -0.15) is 0 Å². The molecule has 0 saturated carbocycles. The minimum atomic E-state index is -0.949. The number of fused-ring (bicyclic) bond motifs is 1. The lowest BCUT2D eigenvalue weighted by atomic mass is 9.88. The highest BCUT2D eigenvalue weighted by molar-refractivity contribution is 5.85. The molecule has 90 valence electrons. The van der Waals surface area contributed by atoms with Crippen LogP contribution in [0.5, 0.6) is 0 Å². The summed E-state index contributed by atoms with van der Waals surface area (Å²) in [5.41, 5.74) is 5.21. The molecule has 2 rings (SSSR count). The Morgan fingerprint density at radius 1 is 1.47 bits per heavy atom. The zero-order valence-corrected chi connectivity index (χ0v) is 9.64. The van der Waals surface area contributed by atoms with E-state index in [1.807, 2.05) is 31.2 Å². The molecular formula is C13H15NO3. The Morgan fingerprint density at radius 3 is 2.82 bits per heavy atom. The Hall–Kier alpha value is -1.81. The summed E-state index contributed by atoms with van der Waals surface area (Å²) in [5, 5.41) is 10.8. The molecule has 2 aromatic rings. The molecule has 0 aliphatic carbocycles. The summed E-state index contributed by atoms with van der Waals surface area (Å²) in [6, 6.07) is 7.60. The van der Waals surface area contributed by atoms with Gasteiger partial charge in [-0.25, -0.2) is 0 Å². The third-order valence-corrected chi connectivity index (χ3v) is 3.06. The summed E-state index contributed by atoms with van der Waals surface area (Å²) < 4.78 is 5.48.